The lowest BCUT2D eigenvalue weighted by molar-refractivity contribution is -0.187. The molecule has 1 fully saturated rings. The highest BCUT2D eigenvalue weighted by Gasteiger charge is 2.74. The smallest absolute Gasteiger partial charge is 0.346 e. The summed E-state index contributed by atoms with van der Waals surface area (Å²) in [6.07, 6.45) is -5.40. The summed E-state index contributed by atoms with van der Waals surface area (Å²) in [6, 6.07) is 16.3. The van der Waals surface area contributed by atoms with Gasteiger partial charge in [0, 0.05) is 0 Å². The Hall–Kier alpha value is -1.81. The van der Waals surface area contributed by atoms with Gasteiger partial charge in [-0.15, -0.1) is 0 Å². The van der Waals surface area contributed by atoms with E-state index in [1.165, 1.54) is 12.1 Å². The fourth-order valence-corrected chi connectivity index (χ4v) is 2.37. The van der Waals surface area contributed by atoms with Gasteiger partial charge in [0.25, 0.3) is 0 Å². The van der Waals surface area contributed by atoms with Gasteiger partial charge in [0.15, 0.2) is 0 Å². The highest BCUT2D eigenvalue weighted by atomic mass is 19.4. The molecule has 0 radical (unpaired) electrons. The molecule has 0 aromatic heterocycles. The van der Waals surface area contributed by atoms with E-state index in [0.717, 1.165) is 0 Å². The van der Waals surface area contributed by atoms with E-state index < -0.39 is 17.9 Å². The Morgan fingerprint density at radius 1 is 0.842 bits per heavy atom. The Morgan fingerprint density at radius 2 is 1.37 bits per heavy atom. The molecule has 3 rings (SSSR count). The van der Waals surface area contributed by atoms with Crippen LogP contribution in [-0.4, -0.2) is 6.18 Å². The van der Waals surface area contributed by atoms with Crippen LogP contribution in [0.3, 0.4) is 0 Å². The van der Waals surface area contributed by atoms with E-state index in [2.05, 4.69) is 0 Å². The Bertz CT molecular complexity index is 565. The monoisotopic (exact) mass is 264 g/mol. The lowest BCUT2D eigenvalue weighted by Gasteiger charge is -2.17. The third kappa shape index (κ3) is 1.83. The average Bonchev–Trinajstić information content (AvgIpc) is 3.17. The van der Waals surface area contributed by atoms with Crippen molar-refractivity contribution in [3.63, 3.8) is 0 Å². The summed E-state index contributed by atoms with van der Waals surface area (Å²) in [4.78, 5) is 0. The van der Waals surface area contributed by atoms with Gasteiger partial charge in [-0.3, -0.25) is 0 Å². The van der Waals surface area contributed by atoms with E-state index in [0.29, 0.717) is 5.56 Å². The quantitative estimate of drug-likeness (QED) is 0.740. The molecule has 1 heterocycles. The predicted molar refractivity (Wildman–Crippen MR) is 64.4 cm³/mol. The fraction of sp³-hybridized carbons (Fsp3) is 0.200. The minimum atomic E-state index is -4.44. The van der Waals surface area contributed by atoms with Gasteiger partial charge >= 0.3 is 6.18 Å². The molecule has 1 saturated heterocycles. The average molecular weight is 264 g/mol. The van der Waals surface area contributed by atoms with Crippen molar-refractivity contribution in [2.24, 2.45) is 0 Å². The van der Waals surface area contributed by atoms with Crippen molar-refractivity contribution in [3.05, 3.63) is 71.8 Å². The lowest BCUT2D eigenvalue weighted by Crippen LogP contribution is -2.31. The summed E-state index contributed by atoms with van der Waals surface area (Å²) >= 11 is 0. The van der Waals surface area contributed by atoms with Gasteiger partial charge in [0.1, 0.15) is 6.10 Å². The van der Waals surface area contributed by atoms with Gasteiger partial charge in [-0.25, -0.2) is 0 Å². The zero-order valence-corrected chi connectivity index (χ0v) is 9.89. The van der Waals surface area contributed by atoms with Gasteiger partial charge in [-0.1, -0.05) is 60.7 Å². The van der Waals surface area contributed by atoms with Gasteiger partial charge in [0.2, 0.25) is 5.60 Å². The topological polar surface area (TPSA) is 12.5 Å². The molecule has 2 aromatic carbocycles. The molecule has 0 spiro atoms. The first-order valence-electron chi connectivity index (χ1n) is 5.91. The number of alkyl halides is 3. The van der Waals surface area contributed by atoms with Gasteiger partial charge in [0.05, 0.1) is 0 Å². The highest BCUT2D eigenvalue weighted by molar-refractivity contribution is 5.37. The molecule has 98 valence electrons. The molecule has 1 aliphatic rings. The first kappa shape index (κ1) is 12.2. The molecule has 0 N–H and O–H groups in total. The number of ether oxygens (including phenoxy) is 1. The SMILES string of the molecule is FC(F)(F)[C@@]1(c2ccccc2)O[C@H]1c1ccccc1. The molecule has 1 aliphatic heterocycles. The summed E-state index contributed by atoms with van der Waals surface area (Å²) in [5.74, 6) is 0. The van der Waals surface area contributed by atoms with Crippen molar-refractivity contribution < 1.29 is 17.9 Å². The molecule has 0 amide bonds. The third-order valence-corrected chi connectivity index (χ3v) is 3.34. The number of benzene rings is 2. The Balaban J connectivity index is 2.04. The summed E-state index contributed by atoms with van der Waals surface area (Å²) in [5.41, 5.74) is -1.50. The highest BCUT2D eigenvalue weighted by Crippen LogP contribution is 2.64. The minimum absolute atomic E-state index is 0.149. The molecule has 1 nitrogen and oxygen atoms in total. The summed E-state index contributed by atoms with van der Waals surface area (Å²) in [6.45, 7) is 0. The Labute approximate surface area is 108 Å². The second-order valence-corrected chi connectivity index (χ2v) is 4.51. The lowest BCUT2D eigenvalue weighted by atomic mass is 9.91. The van der Waals surface area contributed by atoms with E-state index in [4.69, 9.17) is 4.74 Å². The third-order valence-electron chi connectivity index (χ3n) is 3.34. The second kappa shape index (κ2) is 4.10. The van der Waals surface area contributed by atoms with Crippen LogP contribution in [0.15, 0.2) is 60.7 Å². The van der Waals surface area contributed by atoms with Crippen molar-refractivity contribution in [1.29, 1.82) is 0 Å². The minimum Gasteiger partial charge on any atom is -0.346 e. The van der Waals surface area contributed by atoms with Crippen molar-refractivity contribution in [2.45, 2.75) is 17.9 Å². The molecule has 0 aliphatic carbocycles. The Kier molecular flexibility index (Phi) is 2.64. The molecular weight excluding hydrogens is 253 g/mol. The standard InChI is InChI=1S/C15H11F3O/c16-15(17,18)14(12-9-5-2-6-10-12)13(19-14)11-7-3-1-4-8-11/h1-10,13H/t13-,14-/m0/s1. The van der Waals surface area contributed by atoms with E-state index in [1.807, 2.05) is 0 Å². The van der Waals surface area contributed by atoms with E-state index in [1.54, 1.807) is 48.5 Å². The molecular formula is C15H11F3O. The van der Waals surface area contributed by atoms with Crippen LogP contribution in [-0.2, 0) is 10.3 Å². The molecule has 0 saturated carbocycles. The van der Waals surface area contributed by atoms with Crippen molar-refractivity contribution >= 4 is 0 Å². The summed E-state index contributed by atoms with van der Waals surface area (Å²) in [7, 11) is 0. The second-order valence-electron chi connectivity index (χ2n) is 4.51. The predicted octanol–water partition coefficient (Wildman–Crippen LogP) is 4.22. The fourth-order valence-electron chi connectivity index (χ4n) is 2.37. The number of epoxide rings is 1. The van der Waals surface area contributed by atoms with Gasteiger partial charge in [-0.05, 0) is 11.1 Å². The maximum atomic E-state index is 13.4. The van der Waals surface area contributed by atoms with Crippen LogP contribution in [0.4, 0.5) is 13.2 Å². The summed E-state index contributed by atoms with van der Waals surface area (Å²) < 4.78 is 45.3. The van der Waals surface area contributed by atoms with Crippen LogP contribution in [0.1, 0.15) is 17.2 Å². The van der Waals surface area contributed by atoms with Crippen LogP contribution < -0.4 is 0 Å². The number of hydrogen-bond acceptors (Lipinski definition) is 1. The normalized spacial score (nSPS) is 26.2. The van der Waals surface area contributed by atoms with Crippen LogP contribution >= 0.6 is 0 Å². The van der Waals surface area contributed by atoms with Gasteiger partial charge < -0.3 is 4.74 Å². The van der Waals surface area contributed by atoms with Crippen molar-refractivity contribution in [1.82, 2.24) is 0 Å². The van der Waals surface area contributed by atoms with Gasteiger partial charge in [-0.2, -0.15) is 13.2 Å². The number of hydrogen-bond donors (Lipinski definition) is 0. The molecule has 2 atom stereocenters. The number of halogens is 3. The molecule has 4 heteroatoms. The van der Waals surface area contributed by atoms with Crippen LogP contribution in [0.25, 0.3) is 0 Å². The molecule has 19 heavy (non-hydrogen) atoms. The van der Waals surface area contributed by atoms with Crippen molar-refractivity contribution in [2.75, 3.05) is 0 Å². The van der Waals surface area contributed by atoms with Crippen LogP contribution in [0, 0.1) is 0 Å². The number of rotatable bonds is 2. The zero-order valence-electron chi connectivity index (χ0n) is 9.89. The molecule has 2 aromatic rings. The first-order valence-corrected chi connectivity index (χ1v) is 5.91. The largest absolute Gasteiger partial charge is 0.424 e. The Morgan fingerprint density at radius 3 is 1.89 bits per heavy atom. The van der Waals surface area contributed by atoms with Crippen molar-refractivity contribution in [3.8, 4) is 0 Å². The maximum absolute atomic E-state index is 13.4. The first-order chi connectivity index (χ1) is 9.06. The van der Waals surface area contributed by atoms with E-state index >= 15 is 0 Å². The van der Waals surface area contributed by atoms with Crippen LogP contribution in [0.2, 0.25) is 0 Å². The molecule has 0 unspecified atom stereocenters. The zero-order chi connectivity index (χ0) is 13.5. The van der Waals surface area contributed by atoms with E-state index in [9.17, 15) is 13.2 Å². The molecule has 0 bridgehead atoms. The maximum Gasteiger partial charge on any atom is 0.424 e. The van der Waals surface area contributed by atoms with E-state index in [-0.39, 0.29) is 5.56 Å². The summed E-state index contributed by atoms with van der Waals surface area (Å²) in [5, 5.41) is 0. The van der Waals surface area contributed by atoms with Crippen LogP contribution in [0.5, 0.6) is 0 Å².